The molecular formula is C11H9ClN4S. The molecule has 3 aromatic rings. The molecule has 0 aliphatic rings. The Morgan fingerprint density at radius 1 is 1.29 bits per heavy atom. The zero-order chi connectivity index (χ0) is 11.8. The van der Waals surface area contributed by atoms with E-state index >= 15 is 0 Å². The molecule has 0 aliphatic carbocycles. The number of aryl methyl sites for hydroxylation is 1. The van der Waals surface area contributed by atoms with E-state index < -0.39 is 0 Å². The van der Waals surface area contributed by atoms with Crippen molar-refractivity contribution in [3.05, 3.63) is 45.7 Å². The quantitative estimate of drug-likeness (QED) is 0.715. The van der Waals surface area contributed by atoms with E-state index in [9.17, 15) is 0 Å². The second-order valence-corrected chi connectivity index (χ2v) is 5.27. The van der Waals surface area contributed by atoms with E-state index in [0.29, 0.717) is 6.42 Å². The van der Waals surface area contributed by atoms with Crippen LogP contribution in [0.3, 0.4) is 0 Å². The highest BCUT2D eigenvalue weighted by atomic mass is 35.5. The second kappa shape index (κ2) is 4.09. The van der Waals surface area contributed by atoms with Gasteiger partial charge in [0.25, 0.3) is 0 Å². The highest BCUT2D eigenvalue weighted by Gasteiger charge is 2.11. The number of rotatable bonds is 2. The third kappa shape index (κ3) is 1.92. The molecule has 0 saturated heterocycles. The van der Waals surface area contributed by atoms with Crippen LogP contribution in [0.4, 0.5) is 0 Å². The van der Waals surface area contributed by atoms with Crippen molar-refractivity contribution in [2.24, 2.45) is 0 Å². The van der Waals surface area contributed by atoms with E-state index in [0.717, 1.165) is 26.4 Å². The lowest BCUT2D eigenvalue weighted by Gasteiger charge is -2.00. The van der Waals surface area contributed by atoms with Crippen molar-refractivity contribution in [3.8, 4) is 0 Å². The molecule has 1 aromatic carbocycles. The van der Waals surface area contributed by atoms with Crippen LogP contribution < -0.4 is 0 Å². The van der Waals surface area contributed by atoms with Gasteiger partial charge < -0.3 is 0 Å². The number of benzene rings is 1. The smallest absolute Gasteiger partial charge is 0.187 e. The first kappa shape index (κ1) is 10.7. The first-order chi connectivity index (χ1) is 8.24. The minimum absolute atomic E-state index is 0.643. The van der Waals surface area contributed by atoms with Gasteiger partial charge in [-0.25, -0.2) is 0 Å². The van der Waals surface area contributed by atoms with Gasteiger partial charge in [-0.2, -0.15) is 9.61 Å². The van der Waals surface area contributed by atoms with Gasteiger partial charge in [-0.15, -0.1) is 10.2 Å². The molecule has 2 aromatic heterocycles. The molecule has 0 saturated carbocycles. The Morgan fingerprint density at radius 2 is 2.12 bits per heavy atom. The molecule has 0 fully saturated rings. The number of hydrogen-bond donors (Lipinski definition) is 0. The number of aromatic nitrogens is 4. The molecule has 6 heteroatoms. The van der Waals surface area contributed by atoms with E-state index in [1.807, 2.05) is 31.2 Å². The Bertz CT molecular complexity index is 673. The SMILES string of the molecule is Cc1nn2c(Cc3ccccc3Cl)nnc2s1. The van der Waals surface area contributed by atoms with Crippen LogP contribution in [-0.4, -0.2) is 19.8 Å². The van der Waals surface area contributed by atoms with Crippen LogP contribution in [0, 0.1) is 6.92 Å². The molecule has 0 radical (unpaired) electrons. The van der Waals surface area contributed by atoms with Crippen molar-refractivity contribution >= 4 is 27.9 Å². The van der Waals surface area contributed by atoms with Crippen molar-refractivity contribution in [2.75, 3.05) is 0 Å². The summed E-state index contributed by atoms with van der Waals surface area (Å²) in [7, 11) is 0. The topological polar surface area (TPSA) is 43.1 Å². The van der Waals surface area contributed by atoms with E-state index in [2.05, 4.69) is 15.3 Å². The molecule has 3 rings (SSSR count). The van der Waals surface area contributed by atoms with Crippen LogP contribution in [0.2, 0.25) is 5.02 Å². The zero-order valence-corrected chi connectivity index (χ0v) is 10.7. The fraction of sp³-hybridized carbons (Fsp3) is 0.182. The molecule has 86 valence electrons. The molecular weight excluding hydrogens is 256 g/mol. The summed E-state index contributed by atoms with van der Waals surface area (Å²) in [6, 6.07) is 7.74. The maximum absolute atomic E-state index is 6.12. The molecule has 0 aliphatic heterocycles. The van der Waals surface area contributed by atoms with Gasteiger partial charge in [0.2, 0.25) is 4.96 Å². The highest BCUT2D eigenvalue weighted by molar-refractivity contribution is 7.16. The standard InChI is InChI=1S/C11H9ClN4S/c1-7-15-16-10(13-14-11(16)17-7)6-8-4-2-3-5-9(8)12/h2-5H,6H2,1H3. The Hall–Kier alpha value is -1.46. The lowest BCUT2D eigenvalue weighted by Crippen LogP contribution is -1.98. The maximum Gasteiger partial charge on any atom is 0.234 e. The molecule has 0 N–H and O–H groups in total. The number of fused-ring (bicyclic) bond motifs is 1. The van der Waals surface area contributed by atoms with Crippen LogP contribution >= 0.6 is 22.9 Å². The fourth-order valence-corrected chi connectivity index (χ4v) is 2.58. The van der Waals surface area contributed by atoms with Crippen LogP contribution in [0.1, 0.15) is 16.4 Å². The Kier molecular flexibility index (Phi) is 2.57. The second-order valence-electron chi connectivity index (χ2n) is 3.70. The molecule has 0 bridgehead atoms. The van der Waals surface area contributed by atoms with Gasteiger partial charge in [0.1, 0.15) is 5.01 Å². The van der Waals surface area contributed by atoms with Crippen LogP contribution in [0.25, 0.3) is 4.96 Å². The van der Waals surface area contributed by atoms with Gasteiger partial charge in [-0.1, -0.05) is 41.1 Å². The summed E-state index contributed by atoms with van der Waals surface area (Å²) in [6.45, 7) is 1.96. The van der Waals surface area contributed by atoms with Crippen LogP contribution in [0.5, 0.6) is 0 Å². The van der Waals surface area contributed by atoms with E-state index in [4.69, 9.17) is 11.6 Å². The van der Waals surface area contributed by atoms with Gasteiger partial charge in [0.05, 0.1) is 0 Å². The summed E-state index contributed by atoms with van der Waals surface area (Å²) < 4.78 is 1.78. The van der Waals surface area contributed by atoms with Gasteiger partial charge in [0, 0.05) is 11.4 Å². The molecule has 0 unspecified atom stereocenters. The first-order valence-corrected chi connectivity index (χ1v) is 6.34. The first-order valence-electron chi connectivity index (χ1n) is 5.15. The average molecular weight is 265 g/mol. The summed E-state index contributed by atoms with van der Waals surface area (Å²) in [6.07, 6.45) is 0.643. The lowest BCUT2D eigenvalue weighted by molar-refractivity contribution is 0.840. The largest absolute Gasteiger partial charge is 0.234 e. The summed E-state index contributed by atoms with van der Waals surface area (Å²) in [5, 5.41) is 14.3. The predicted octanol–water partition coefficient (Wildman–Crippen LogP) is 2.74. The molecule has 17 heavy (non-hydrogen) atoms. The molecule has 0 atom stereocenters. The summed E-state index contributed by atoms with van der Waals surface area (Å²) in [5.74, 6) is 0.817. The normalized spacial score (nSPS) is 11.2. The highest BCUT2D eigenvalue weighted by Crippen LogP contribution is 2.19. The van der Waals surface area contributed by atoms with Gasteiger partial charge in [-0.3, -0.25) is 0 Å². The van der Waals surface area contributed by atoms with Gasteiger partial charge in [0.15, 0.2) is 5.82 Å². The van der Waals surface area contributed by atoms with E-state index in [1.165, 1.54) is 11.3 Å². The minimum Gasteiger partial charge on any atom is -0.187 e. The molecule has 2 heterocycles. The van der Waals surface area contributed by atoms with E-state index in [-0.39, 0.29) is 0 Å². The van der Waals surface area contributed by atoms with Crippen LogP contribution in [0.15, 0.2) is 24.3 Å². The molecule has 0 spiro atoms. The van der Waals surface area contributed by atoms with Crippen molar-refractivity contribution in [1.29, 1.82) is 0 Å². The van der Waals surface area contributed by atoms with E-state index in [1.54, 1.807) is 4.52 Å². The molecule has 4 nitrogen and oxygen atoms in total. The minimum atomic E-state index is 0.643. The predicted molar refractivity (Wildman–Crippen MR) is 67.7 cm³/mol. The summed E-state index contributed by atoms with van der Waals surface area (Å²) in [5.41, 5.74) is 1.04. The van der Waals surface area contributed by atoms with Crippen molar-refractivity contribution in [2.45, 2.75) is 13.3 Å². The van der Waals surface area contributed by atoms with Crippen molar-refractivity contribution < 1.29 is 0 Å². The van der Waals surface area contributed by atoms with Crippen LogP contribution in [-0.2, 0) is 6.42 Å². The zero-order valence-electron chi connectivity index (χ0n) is 9.09. The van der Waals surface area contributed by atoms with Gasteiger partial charge in [-0.05, 0) is 18.6 Å². The summed E-state index contributed by atoms with van der Waals surface area (Å²) in [4.78, 5) is 0.824. The Balaban J connectivity index is 2.02. The number of nitrogens with zero attached hydrogens (tertiary/aromatic N) is 4. The number of hydrogen-bond acceptors (Lipinski definition) is 4. The monoisotopic (exact) mass is 264 g/mol. The lowest BCUT2D eigenvalue weighted by atomic mass is 10.1. The van der Waals surface area contributed by atoms with Crippen molar-refractivity contribution in [3.63, 3.8) is 0 Å². The fourth-order valence-electron chi connectivity index (χ4n) is 1.68. The summed E-state index contributed by atoms with van der Waals surface area (Å²) >= 11 is 7.66. The Labute approximate surface area is 107 Å². The van der Waals surface area contributed by atoms with Crippen molar-refractivity contribution in [1.82, 2.24) is 19.8 Å². The Morgan fingerprint density at radius 3 is 2.94 bits per heavy atom. The maximum atomic E-state index is 6.12. The third-order valence-corrected chi connectivity index (χ3v) is 3.65. The number of halogens is 1. The molecule has 0 amide bonds. The average Bonchev–Trinajstić information content (AvgIpc) is 2.82. The van der Waals surface area contributed by atoms with Gasteiger partial charge >= 0.3 is 0 Å². The third-order valence-electron chi connectivity index (χ3n) is 2.46.